The van der Waals surface area contributed by atoms with Gasteiger partial charge in [-0.1, -0.05) is 176 Å². The van der Waals surface area contributed by atoms with Crippen LogP contribution in [0.5, 0.6) is 0 Å². The first-order valence-corrected chi connectivity index (χ1v) is 21.1. The molecule has 4 nitrogen and oxygen atoms in total. The molecule has 0 saturated heterocycles. The fourth-order valence-corrected chi connectivity index (χ4v) is 9.26. The third-order valence-corrected chi connectivity index (χ3v) is 12.1. The Morgan fingerprint density at radius 2 is 0.694 bits per heavy atom. The molecule has 0 aliphatic carbocycles. The summed E-state index contributed by atoms with van der Waals surface area (Å²) in [6, 6.07) is 82.0. The second-order valence-electron chi connectivity index (χ2n) is 15.8. The normalized spacial score (nSPS) is 11.5. The molecule has 4 heterocycles. The highest BCUT2D eigenvalue weighted by Gasteiger charge is 2.21. The zero-order chi connectivity index (χ0) is 41.0. The van der Waals surface area contributed by atoms with E-state index < -0.39 is 0 Å². The van der Waals surface area contributed by atoms with Gasteiger partial charge in [0.1, 0.15) is 11.6 Å². The van der Waals surface area contributed by atoms with Gasteiger partial charge in [0.25, 0.3) is 0 Å². The molecule has 0 bridgehead atoms. The lowest BCUT2D eigenvalue weighted by Crippen LogP contribution is -2.00. The third kappa shape index (κ3) is 6.00. The van der Waals surface area contributed by atoms with Gasteiger partial charge in [-0.15, -0.1) is 0 Å². The summed E-state index contributed by atoms with van der Waals surface area (Å²) < 4.78 is 4.67. The van der Waals surface area contributed by atoms with E-state index in [1.165, 1.54) is 27.1 Å². The van der Waals surface area contributed by atoms with Crippen LogP contribution in [0.1, 0.15) is 0 Å². The number of benzene rings is 8. The molecule has 0 aliphatic rings. The Balaban J connectivity index is 1.07. The molecule has 0 saturated carbocycles. The van der Waals surface area contributed by atoms with E-state index in [1.54, 1.807) is 0 Å². The van der Waals surface area contributed by atoms with E-state index in [2.05, 4.69) is 240 Å². The van der Waals surface area contributed by atoms with E-state index in [9.17, 15) is 0 Å². The van der Waals surface area contributed by atoms with Crippen molar-refractivity contribution in [3.8, 4) is 67.5 Å². The van der Waals surface area contributed by atoms with E-state index in [0.717, 1.165) is 84.0 Å². The minimum absolute atomic E-state index is 0.882. The van der Waals surface area contributed by atoms with Crippen LogP contribution in [0.2, 0.25) is 0 Å². The number of aromatic nitrogens is 4. The van der Waals surface area contributed by atoms with Crippen LogP contribution in [0, 0.1) is 0 Å². The lowest BCUT2D eigenvalue weighted by atomic mass is 9.98. The number of fused-ring (bicyclic) bond motifs is 6. The fourth-order valence-electron chi connectivity index (χ4n) is 9.26. The van der Waals surface area contributed by atoms with Crippen LogP contribution in [0.4, 0.5) is 0 Å². The molecule has 0 unspecified atom stereocenters. The Labute approximate surface area is 359 Å². The molecule has 0 fully saturated rings. The Morgan fingerprint density at radius 3 is 1.26 bits per heavy atom. The maximum absolute atomic E-state index is 5.39. The fraction of sp³-hybridized carbons (Fsp3) is 0. The summed E-state index contributed by atoms with van der Waals surface area (Å²) >= 11 is 0. The van der Waals surface area contributed by atoms with Crippen LogP contribution in [0.3, 0.4) is 0 Å². The van der Waals surface area contributed by atoms with Crippen molar-refractivity contribution >= 4 is 43.6 Å². The summed E-state index contributed by atoms with van der Waals surface area (Å²) in [5.41, 5.74) is 15.4. The molecule has 0 spiro atoms. The maximum Gasteiger partial charge on any atom is 0.138 e. The molecule has 0 N–H and O–H groups in total. The lowest BCUT2D eigenvalue weighted by molar-refractivity contribution is 1.08. The van der Waals surface area contributed by atoms with Gasteiger partial charge in [-0.05, 0) is 88.0 Å². The minimum Gasteiger partial charge on any atom is -0.294 e. The van der Waals surface area contributed by atoms with Crippen molar-refractivity contribution in [1.29, 1.82) is 0 Å². The molecule has 4 aromatic heterocycles. The average molecular weight is 791 g/mol. The van der Waals surface area contributed by atoms with Crippen molar-refractivity contribution in [1.82, 2.24) is 19.1 Å². The molecular formula is C58H38N4. The Bertz CT molecular complexity index is 3490. The van der Waals surface area contributed by atoms with Gasteiger partial charge in [-0.2, -0.15) is 0 Å². The molecule has 4 heteroatoms. The van der Waals surface area contributed by atoms with Gasteiger partial charge >= 0.3 is 0 Å². The molecule has 62 heavy (non-hydrogen) atoms. The summed E-state index contributed by atoms with van der Waals surface area (Å²) in [5.74, 6) is 1.77. The molecule has 290 valence electrons. The van der Waals surface area contributed by atoms with E-state index in [4.69, 9.17) is 9.97 Å². The summed E-state index contributed by atoms with van der Waals surface area (Å²) in [5, 5.41) is 4.74. The number of hydrogen-bond donors (Lipinski definition) is 0. The summed E-state index contributed by atoms with van der Waals surface area (Å²) in [6.45, 7) is 0. The zero-order valence-corrected chi connectivity index (χ0v) is 33.7. The van der Waals surface area contributed by atoms with Crippen LogP contribution in [-0.2, 0) is 0 Å². The van der Waals surface area contributed by atoms with E-state index in [-0.39, 0.29) is 0 Å². The molecule has 12 rings (SSSR count). The standard InChI is InChI=1S/C58H38N4/c1-5-18-39(19-6-1)44-35-50(41-22-9-3-10-23-41)59-56(37-44)61-52-29-15-13-26-47(52)49-34-43(32-33-54(49)61)46-28-17-31-55-58(46)48-27-14-16-30-53(48)62(55)57-38-45(40-20-7-2-8-21-40)36-51(60-57)42-24-11-4-12-25-42/h1-38H. The number of rotatable bonds is 7. The van der Waals surface area contributed by atoms with Crippen molar-refractivity contribution in [3.63, 3.8) is 0 Å². The molecule has 0 atom stereocenters. The Hall–Kier alpha value is -8.34. The van der Waals surface area contributed by atoms with Crippen molar-refractivity contribution in [3.05, 3.63) is 231 Å². The van der Waals surface area contributed by atoms with Crippen molar-refractivity contribution in [2.45, 2.75) is 0 Å². The number of nitrogens with zero attached hydrogens (tertiary/aromatic N) is 4. The number of pyridine rings is 2. The molecule has 0 amide bonds. The van der Waals surface area contributed by atoms with Gasteiger partial charge in [0.15, 0.2) is 0 Å². The van der Waals surface area contributed by atoms with E-state index >= 15 is 0 Å². The van der Waals surface area contributed by atoms with Crippen molar-refractivity contribution in [2.75, 3.05) is 0 Å². The summed E-state index contributed by atoms with van der Waals surface area (Å²) in [4.78, 5) is 10.8. The topological polar surface area (TPSA) is 35.6 Å². The lowest BCUT2D eigenvalue weighted by Gasteiger charge is -2.13. The van der Waals surface area contributed by atoms with Crippen LogP contribution in [0.15, 0.2) is 231 Å². The van der Waals surface area contributed by atoms with Gasteiger partial charge in [-0.3, -0.25) is 9.13 Å². The SMILES string of the molecule is c1ccc(-c2cc(-c3ccccc3)nc(-n3c4ccccc4c4cc(-c5cccc6c5c5ccccc5n6-c5cc(-c6ccccc6)cc(-c6ccccc6)n5)ccc43)c2)cc1. The van der Waals surface area contributed by atoms with Crippen LogP contribution >= 0.6 is 0 Å². The highest BCUT2D eigenvalue weighted by atomic mass is 15.1. The van der Waals surface area contributed by atoms with Crippen molar-refractivity contribution < 1.29 is 0 Å². The highest BCUT2D eigenvalue weighted by molar-refractivity contribution is 6.17. The second kappa shape index (κ2) is 14.7. The second-order valence-corrected chi connectivity index (χ2v) is 15.8. The molecule has 12 aromatic rings. The van der Waals surface area contributed by atoms with Crippen molar-refractivity contribution in [2.24, 2.45) is 0 Å². The van der Waals surface area contributed by atoms with Gasteiger partial charge in [0, 0.05) is 32.7 Å². The predicted octanol–water partition coefficient (Wildman–Crippen LogP) is 15.0. The van der Waals surface area contributed by atoms with Gasteiger partial charge in [-0.25, -0.2) is 9.97 Å². The number of hydrogen-bond acceptors (Lipinski definition) is 2. The Morgan fingerprint density at radius 1 is 0.258 bits per heavy atom. The van der Waals surface area contributed by atoms with Gasteiger partial charge in [0.05, 0.1) is 33.5 Å². The summed E-state index contributed by atoms with van der Waals surface area (Å²) in [6.07, 6.45) is 0. The first-order valence-electron chi connectivity index (χ1n) is 21.1. The van der Waals surface area contributed by atoms with Crippen LogP contribution in [0.25, 0.3) is 111 Å². The molecule has 8 aromatic carbocycles. The minimum atomic E-state index is 0.882. The quantitative estimate of drug-likeness (QED) is 0.161. The average Bonchev–Trinajstić information content (AvgIpc) is 3.88. The third-order valence-electron chi connectivity index (χ3n) is 12.1. The van der Waals surface area contributed by atoms with Gasteiger partial charge in [0.2, 0.25) is 0 Å². The smallest absolute Gasteiger partial charge is 0.138 e. The van der Waals surface area contributed by atoms with E-state index in [1.807, 2.05) is 0 Å². The van der Waals surface area contributed by atoms with Gasteiger partial charge < -0.3 is 0 Å². The first kappa shape index (κ1) is 35.6. The Kier molecular flexibility index (Phi) is 8.46. The molecular weight excluding hydrogens is 753 g/mol. The van der Waals surface area contributed by atoms with E-state index in [0.29, 0.717) is 0 Å². The van der Waals surface area contributed by atoms with Crippen LogP contribution < -0.4 is 0 Å². The van der Waals surface area contributed by atoms with Crippen LogP contribution in [-0.4, -0.2) is 19.1 Å². The molecule has 0 radical (unpaired) electrons. The zero-order valence-electron chi connectivity index (χ0n) is 33.7. The highest BCUT2D eigenvalue weighted by Crippen LogP contribution is 2.42. The maximum atomic E-state index is 5.39. The monoisotopic (exact) mass is 790 g/mol. The predicted molar refractivity (Wildman–Crippen MR) is 258 cm³/mol. The molecule has 0 aliphatic heterocycles. The summed E-state index contributed by atoms with van der Waals surface area (Å²) in [7, 11) is 0. The largest absolute Gasteiger partial charge is 0.294 e. The number of para-hydroxylation sites is 2. The first-order chi connectivity index (χ1) is 30.7.